The molecule has 0 amide bonds. The number of hydrogen-bond donors (Lipinski definition) is 1. The number of hydrogen-bond acceptors (Lipinski definition) is 4. The Hall–Kier alpha value is -3.21. The van der Waals surface area contributed by atoms with Crippen molar-refractivity contribution in [3.05, 3.63) is 77.5 Å². The van der Waals surface area contributed by atoms with Crippen LogP contribution >= 0.6 is 0 Å². The Morgan fingerprint density at radius 3 is 1.88 bits per heavy atom. The first kappa shape index (κ1) is 17.1. The van der Waals surface area contributed by atoms with Crippen molar-refractivity contribution >= 4 is 23.1 Å². The van der Waals surface area contributed by atoms with Crippen LogP contribution in [0.3, 0.4) is 0 Å². The van der Waals surface area contributed by atoms with Gasteiger partial charge in [0.1, 0.15) is 0 Å². The van der Waals surface area contributed by atoms with Crippen LogP contribution in [-0.2, 0) is 4.79 Å². The van der Waals surface area contributed by atoms with E-state index in [9.17, 15) is 14.4 Å². The summed E-state index contributed by atoms with van der Waals surface area (Å²) in [6, 6.07) is 14.2. The fourth-order valence-corrected chi connectivity index (χ4v) is 2.16. The zero-order valence-electron chi connectivity index (χ0n) is 13.4. The highest BCUT2D eigenvalue weighted by Gasteiger charge is 2.22. The van der Waals surface area contributed by atoms with Crippen molar-refractivity contribution in [2.75, 3.05) is 14.1 Å². The standard InChI is InChI=1S/C19H17NO4/c1-20(2)12-16(13-8-10-15(11-9-13)19(23)24)18(22)17(21)14-6-4-3-5-7-14/h3-12H,1-2H3,(H,23,24). The predicted molar refractivity (Wildman–Crippen MR) is 90.8 cm³/mol. The maximum Gasteiger partial charge on any atom is 0.335 e. The van der Waals surface area contributed by atoms with Crippen molar-refractivity contribution in [3.63, 3.8) is 0 Å². The molecule has 0 atom stereocenters. The van der Waals surface area contributed by atoms with E-state index >= 15 is 0 Å². The first-order chi connectivity index (χ1) is 11.4. The molecule has 0 aliphatic heterocycles. The number of carboxylic acids is 1. The summed E-state index contributed by atoms with van der Waals surface area (Å²) < 4.78 is 0. The van der Waals surface area contributed by atoms with E-state index < -0.39 is 17.5 Å². The molecule has 0 radical (unpaired) electrons. The molecule has 5 nitrogen and oxygen atoms in total. The van der Waals surface area contributed by atoms with E-state index in [1.807, 2.05) is 0 Å². The van der Waals surface area contributed by atoms with Crippen molar-refractivity contribution in [1.29, 1.82) is 0 Å². The van der Waals surface area contributed by atoms with Crippen LogP contribution < -0.4 is 0 Å². The van der Waals surface area contributed by atoms with E-state index in [0.29, 0.717) is 11.1 Å². The maximum absolute atomic E-state index is 12.6. The Bertz CT molecular complexity index is 790. The Morgan fingerprint density at radius 1 is 0.833 bits per heavy atom. The summed E-state index contributed by atoms with van der Waals surface area (Å²) >= 11 is 0. The molecule has 2 aromatic rings. The van der Waals surface area contributed by atoms with Gasteiger partial charge in [0.05, 0.1) is 5.56 Å². The summed E-state index contributed by atoms with van der Waals surface area (Å²) in [5.41, 5.74) is 1.13. The van der Waals surface area contributed by atoms with Gasteiger partial charge in [-0.1, -0.05) is 42.5 Å². The van der Waals surface area contributed by atoms with Gasteiger partial charge in [-0.15, -0.1) is 0 Å². The number of carboxylic acid groups (broad SMARTS) is 1. The fraction of sp³-hybridized carbons (Fsp3) is 0.105. The number of aromatic carboxylic acids is 1. The van der Waals surface area contributed by atoms with Crippen LogP contribution in [0.15, 0.2) is 60.8 Å². The van der Waals surface area contributed by atoms with E-state index in [1.165, 1.54) is 24.3 Å². The van der Waals surface area contributed by atoms with Crippen molar-refractivity contribution in [1.82, 2.24) is 4.90 Å². The summed E-state index contributed by atoms with van der Waals surface area (Å²) in [4.78, 5) is 37.7. The third kappa shape index (κ3) is 3.95. The predicted octanol–water partition coefficient (Wildman–Crippen LogP) is 2.74. The lowest BCUT2D eigenvalue weighted by Gasteiger charge is -2.11. The van der Waals surface area contributed by atoms with Gasteiger partial charge in [-0.05, 0) is 17.7 Å². The Morgan fingerprint density at radius 2 is 1.38 bits per heavy atom. The molecule has 0 saturated heterocycles. The molecule has 0 bridgehead atoms. The number of allylic oxidation sites excluding steroid dienone is 1. The molecule has 0 unspecified atom stereocenters. The lowest BCUT2D eigenvalue weighted by atomic mass is 9.96. The van der Waals surface area contributed by atoms with Gasteiger partial charge < -0.3 is 10.0 Å². The second kappa shape index (κ2) is 7.37. The molecule has 0 saturated carbocycles. The van der Waals surface area contributed by atoms with Crippen molar-refractivity contribution in [3.8, 4) is 0 Å². The number of rotatable bonds is 6. The first-order valence-corrected chi connectivity index (χ1v) is 7.26. The summed E-state index contributed by atoms with van der Waals surface area (Å²) in [5.74, 6) is -2.30. The van der Waals surface area contributed by atoms with Crippen LogP contribution in [0.5, 0.6) is 0 Å². The first-order valence-electron chi connectivity index (χ1n) is 7.26. The van der Waals surface area contributed by atoms with Crippen molar-refractivity contribution < 1.29 is 19.5 Å². The molecule has 0 aliphatic carbocycles. The fourth-order valence-electron chi connectivity index (χ4n) is 2.16. The summed E-state index contributed by atoms with van der Waals surface area (Å²) in [6.07, 6.45) is 1.55. The highest BCUT2D eigenvalue weighted by atomic mass is 16.4. The summed E-state index contributed by atoms with van der Waals surface area (Å²) in [5, 5.41) is 8.96. The second-order valence-electron chi connectivity index (χ2n) is 5.41. The van der Waals surface area contributed by atoms with Crippen molar-refractivity contribution in [2.45, 2.75) is 0 Å². The second-order valence-corrected chi connectivity index (χ2v) is 5.41. The molecule has 24 heavy (non-hydrogen) atoms. The van der Waals surface area contributed by atoms with Gasteiger partial charge in [0, 0.05) is 31.4 Å². The number of carbonyl (C=O) groups excluding carboxylic acids is 2. The highest BCUT2D eigenvalue weighted by molar-refractivity contribution is 6.58. The topological polar surface area (TPSA) is 74.7 Å². The van der Waals surface area contributed by atoms with Gasteiger partial charge in [-0.25, -0.2) is 4.79 Å². The average Bonchev–Trinajstić information content (AvgIpc) is 2.59. The van der Waals surface area contributed by atoms with E-state index in [0.717, 1.165) is 0 Å². The summed E-state index contributed by atoms with van der Waals surface area (Å²) in [7, 11) is 3.48. The minimum atomic E-state index is -1.05. The number of benzene rings is 2. The highest BCUT2D eigenvalue weighted by Crippen LogP contribution is 2.19. The zero-order valence-corrected chi connectivity index (χ0v) is 13.4. The minimum absolute atomic E-state index is 0.116. The van der Waals surface area contributed by atoms with Crippen LogP contribution in [-0.4, -0.2) is 41.6 Å². The van der Waals surface area contributed by atoms with E-state index in [-0.39, 0.29) is 11.1 Å². The molecular formula is C19H17NO4. The number of ketones is 2. The molecule has 5 heteroatoms. The SMILES string of the molecule is CN(C)C=C(C(=O)C(=O)c1ccccc1)c1ccc(C(=O)O)cc1. The third-order valence-electron chi connectivity index (χ3n) is 3.32. The van der Waals surface area contributed by atoms with Gasteiger partial charge in [-0.3, -0.25) is 9.59 Å². The monoisotopic (exact) mass is 323 g/mol. The molecule has 0 heterocycles. The van der Waals surface area contributed by atoms with Gasteiger partial charge >= 0.3 is 5.97 Å². The van der Waals surface area contributed by atoms with E-state index in [4.69, 9.17) is 5.11 Å². The van der Waals surface area contributed by atoms with Gasteiger partial charge in [0.15, 0.2) is 0 Å². The van der Waals surface area contributed by atoms with Crippen LogP contribution in [0.4, 0.5) is 0 Å². The van der Waals surface area contributed by atoms with Crippen LogP contribution in [0.2, 0.25) is 0 Å². The largest absolute Gasteiger partial charge is 0.478 e. The average molecular weight is 323 g/mol. The molecule has 0 fully saturated rings. The van der Waals surface area contributed by atoms with Crippen LogP contribution in [0, 0.1) is 0 Å². The minimum Gasteiger partial charge on any atom is -0.478 e. The smallest absolute Gasteiger partial charge is 0.335 e. The number of Topliss-reactive ketones (excluding diaryl/α,β-unsaturated/α-hetero) is 2. The Balaban J connectivity index is 2.40. The molecule has 2 aromatic carbocycles. The van der Waals surface area contributed by atoms with Crippen molar-refractivity contribution in [2.24, 2.45) is 0 Å². The lowest BCUT2D eigenvalue weighted by Crippen LogP contribution is -2.18. The molecule has 2 rings (SSSR count). The van der Waals surface area contributed by atoms with E-state index in [2.05, 4.69) is 0 Å². The molecule has 122 valence electrons. The van der Waals surface area contributed by atoms with Crippen LogP contribution in [0.25, 0.3) is 5.57 Å². The Kier molecular flexibility index (Phi) is 5.27. The number of nitrogens with zero attached hydrogens (tertiary/aromatic N) is 1. The molecule has 0 spiro atoms. The normalized spacial score (nSPS) is 11.0. The number of carbonyl (C=O) groups is 3. The zero-order chi connectivity index (χ0) is 17.7. The third-order valence-corrected chi connectivity index (χ3v) is 3.32. The summed E-state index contributed by atoms with van der Waals surface area (Å²) in [6.45, 7) is 0. The molecular weight excluding hydrogens is 306 g/mol. The molecule has 0 aliphatic rings. The Labute approximate surface area is 139 Å². The van der Waals surface area contributed by atoms with Gasteiger partial charge in [-0.2, -0.15) is 0 Å². The lowest BCUT2D eigenvalue weighted by molar-refractivity contribution is -0.110. The van der Waals surface area contributed by atoms with Gasteiger partial charge in [0.2, 0.25) is 11.6 Å². The van der Waals surface area contributed by atoms with Crippen LogP contribution in [0.1, 0.15) is 26.3 Å². The molecule has 0 aromatic heterocycles. The quantitative estimate of drug-likeness (QED) is 0.502. The van der Waals surface area contributed by atoms with E-state index in [1.54, 1.807) is 55.5 Å². The van der Waals surface area contributed by atoms with Gasteiger partial charge in [0.25, 0.3) is 0 Å². The molecule has 1 N–H and O–H groups in total. The maximum atomic E-state index is 12.6.